The van der Waals surface area contributed by atoms with Gasteiger partial charge in [-0.3, -0.25) is 4.79 Å². The Morgan fingerprint density at radius 3 is 2.00 bits per heavy atom. The standard InChI is InChI=1S/C32H54FNO9/c1-2-3-4-5-6-7-8-9-10-11-12-13-14-25(36)28(38)24(34-27(37)19-22-15-17-23(33)18-16-22)21-42-32-31(41)30(40)29(39)26(20-35)43-32/h15-18,24-26,28-32,35-36,38-41H,2-14,19-21H2,1H3,(H,34,37)/t24-,25+,26+,28-,29-,30-,31+,32-/m0/s1. The molecule has 248 valence electrons. The lowest BCUT2D eigenvalue weighted by Gasteiger charge is -2.40. The van der Waals surface area contributed by atoms with E-state index in [-0.39, 0.29) is 6.42 Å². The van der Waals surface area contributed by atoms with Gasteiger partial charge in [0.25, 0.3) is 0 Å². The molecule has 10 nitrogen and oxygen atoms in total. The lowest BCUT2D eigenvalue weighted by atomic mass is 9.98. The number of aliphatic hydroxyl groups excluding tert-OH is 6. The van der Waals surface area contributed by atoms with E-state index in [1.54, 1.807) is 0 Å². The highest BCUT2D eigenvalue weighted by Crippen LogP contribution is 2.23. The second-order valence-corrected chi connectivity index (χ2v) is 11.7. The first-order chi connectivity index (χ1) is 20.7. The van der Waals surface area contributed by atoms with Crippen molar-refractivity contribution in [1.82, 2.24) is 5.32 Å². The normalized spacial score (nSPS) is 24.4. The predicted octanol–water partition coefficient (Wildman–Crippen LogP) is 2.48. The number of ether oxygens (including phenoxy) is 2. The van der Waals surface area contributed by atoms with Gasteiger partial charge in [-0.25, -0.2) is 4.39 Å². The van der Waals surface area contributed by atoms with Gasteiger partial charge in [0, 0.05) is 0 Å². The van der Waals surface area contributed by atoms with Crippen molar-refractivity contribution in [3.8, 4) is 0 Å². The molecule has 1 aromatic carbocycles. The molecule has 1 aliphatic heterocycles. The minimum Gasteiger partial charge on any atom is -0.394 e. The van der Waals surface area contributed by atoms with E-state index < -0.39 is 73.9 Å². The van der Waals surface area contributed by atoms with Crippen LogP contribution < -0.4 is 5.32 Å². The zero-order valence-electron chi connectivity index (χ0n) is 25.5. The third-order valence-electron chi connectivity index (χ3n) is 8.07. The van der Waals surface area contributed by atoms with Gasteiger partial charge in [-0.05, 0) is 24.1 Å². The number of hydrogen-bond donors (Lipinski definition) is 7. The highest BCUT2D eigenvalue weighted by Gasteiger charge is 2.44. The second-order valence-electron chi connectivity index (χ2n) is 11.7. The fraction of sp³-hybridized carbons (Fsp3) is 0.781. The molecular formula is C32H54FNO9. The summed E-state index contributed by atoms with van der Waals surface area (Å²) in [5, 5.41) is 64.1. The number of rotatable bonds is 22. The first kappa shape index (κ1) is 37.5. The maximum Gasteiger partial charge on any atom is 0.224 e. The molecule has 1 aliphatic rings. The molecule has 0 aliphatic carbocycles. The van der Waals surface area contributed by atoms with Crippen LogP contribution in [0.25, 0.3) is 0 Å². The van der Waals surface area contributed by atoms with Gasteiger partial charge in [0.15, 0.2) is 6.29 Å². The van der Waals surface area contributed by atoms with Crippen LogP contribution in [-0.4, -0.2) is 98.7 Å². The fourth-order valence-electron chi connectivity index (χ4n) is 5.31. The van der Waals surface area contributed by atoms with Crippen LogP contribution in [-0.2, 0) is 20.7 Å². The average Bonchev–Trinajstić information content (AvgIpc) is 3.00. The van der Waals surface area contributed by atoms with Crippen LogP contribution in [0.2, 0.25) is 0 Å². The Morgan fingerprint density at radius 1 is 0.884 bits per heavy atom. The summed E-state index contributed by atoms with van der Waals surface area (Å²) in [6.45, 7) is 1.17. The molecule has 1 saturated heterocycles. The van der Waals surface area contributed by atoms with Crippen molar-refractivity contribution in [3.63, 3.8) is 0 Å². The monoisotopic (exact) mass is 615 g/mol. The van der Waals surface area contributed by atoms with E-state index in [4.69, 9.17) is 9.47 Å². The molecule has 8 atom stereocenters. The summed E-state index contributed by atoms with van der Waals surface area (Å²) in [7, 11) is 0. The van der Waals surface area contributed by atoms with Crippen LogP contribution >= 0.6 is 0 Å². The second kappa shape index (κ2) is 21.1. The van der Waals surface area contributed by atoms with E-state index in [2.05, 4.69) is 12.2 Å². The molecule has 2 rings (SSSR count). The maximum atomic E-state index is 13.3. The van der Waals surface area contributed by atoms with Crippen molar-refractivity contribution in [2.75, 3.05) is 13.2 Å². The van der Waals surface area contributed by atoms with Crippen LogP contribution in [0, 0.1) is 5.82 Å². The Balaban J connectivity index is 1.85. The van der Waals surface area contributed by atoms with Gasteiger partial charge in [0.05, 0.1) is 31.8 Å². The molecule has 1 heterocycles. The minimum absolute atomic E-state index is 0.113. The molecule has 43 heavy (non-hydrogen) atoms. The number of benzene rings is 1. The lowest BCUT2D eigenvalue weighted by molar-refractivity contribution is -0.303. The summed E-state index contributed by atoms with van der Waals surface area (Å²) in [6, 6.07) is 4.28. The largest absolute Gasteiger partial charge is 0.394 e. The minimum atomic E-state index is -1.66. The van der Waals surface area contributed by atoms with E-state index in [0.29, 0.717) is 18.4 Å². The van der Waals surface area contributed by atoms with Gasteiger partial charge in [-0.2, -0.15) is 0 Å². The van der Waals surface area contributed by atoms with Crippen LogP contribution in [0.1, 0.15) is 96.0 Å². The molecule has 0 unspecified atom stereocenters. The predicted molar refractivity (Wildman–Crippen MR) is 159 cm³/mol. The molecule has 0 radical (unpaired) electrons. The highest BCUT2D eigenvalue weighted by atomic mass is 19.1. The van der Waals surface area contributed by atoms with E-state index in [1.165, 1.54) is 75.6 Å². The Morgan fingerprint density at radius 2 is 1.44 bits per heavy atom. The van der Waals surface area contributed by atoms with Crippen molar-refractivity contribution >= 4 is 5.91 Å². The van der Waals surface area contributed by atoms with Gasteiger partial charge in [0.2, 0.25) is 5.91 Å². The van der Waals surface area contributed by atoms with Crippen molar-refractivity contribution in [1.29, 1.82) is 0 Å². The first-order valence-electron chi connectivity index (χ1n) is 16.0. The average molecular weight is 616 g/mol. The van der Waals surface area contributed by atoms with Crippen LogP contribution in [0.5, 0.6) is 0 Å². The van der Waals surface area contributed by atoms with Crippen molar-refractivity contribution in [2.45, 2.75) is 146 Å². The van der Waals surface area contributed by atoms with Crippen molar-refractivity contribution in [2.24, 2.45) is 0 Å². The summed E-state index contributed by atoms with van der Waals surface area (Å²) in [4.78, 5) is 12.8. The molecule has 0 bridgehead atoms. The Kier molecular flexibility index (Phi) is 18.4. The summed E-state index contributed by atoms with van der Waals surface area (Å²) in [6.07, 6.45) is 4.06. The zero-order valence-corrected chi connectivity index (χ0v) is 25.5. The summed E-state index contributed by atoms with van der Waals surface area (Å²) in [5.41, 5.74) is 0.541. The number of amides is 1. The molecule has 0 aromatic heterocycles. The third kappa shape index (κ3) is 13.9. The van der Waals surface area contributed by atoms with Gasteiger partial charge in [-0.1, -0.05) is 96.1 Å². The summed E-state index contributed by atoms with van der Waals surface area (Å²) < 4.78 is 24.2. The summed E-state index contributed by atoms with van der Waals surface area (Å²) in [5.74, 6) is -0.947. The van der Waals surface area contributed by atoms with E-state index >= 15 is 0 Å². The number of carbonyl (C=O) groups excluding carboxylic acids is 1. The molecule has 1 aromatic rings. The van der Waals surface area contributed by atoms with Crippen LogP contribution in [0.4, 0.5) is 4.39 Å². The number of hydrogen-bond acceptors (Lipinski definition) is 9. The van der Waals surface area contributed by atoms with E-state index in [9.17, 15) is 39.8 Å². The van der Waals surface area contributed by atoms with Crippen molar-refractivity contribution < 1.29 is 49.3 Å². The molecule has 1 amide bonds. The third-order valence-corrected chi connectivity index (χ3v) is 8.07. The Bertz CT molecular complexity index is 875. The number of carbonyl (C=O) groups is 1. The molecular weight excluding hydrogens is 561 g/mol. The van der Waals surface area contributed by atoms with E-state index in [1.807, 2.05) is 0 Å². The van der Waals surface area contributed by atoms with Gasteiger partial charge < -0.3 is 45.4 Å². The number of nitrogens with one attached hydrogen (secondary N) is 1. The summed E-state index contributed by atoms with van der Waals surface area (Å²) >= 11 is 0. The quantitative estimate of drug-likeness (QED) is 0.0969. The number of aliphatic hydroxyl groups is 6. The molecule has 11 heteroatoms. The Labute approximate surface area is 255 Å². The molecule has 0 saturated carbocycles. The van der Waals surface area contributed by atoms with Crippen LogP contribution in [0.15, 0.2) is 24.3 Å². The highest BCUT2D eigenvalue weighted by molar-refractivity contribution is 5.78. The molecule has 1 fully saturated rings. The molecule has 7 N–H and O–H groups in total. The smallest absolute Gasteiger partial charge is 0.224 e. The topological polar surface area (TPSA) is 169 Å². The van der Waals surface area contributed by atoms with Crippen LogP contribution in [0.3, 0.4) is 0 Å². The number of halogens is 1. The SMILES string of the molecule is CCCCCCCCCCCCCC[C@@H](O)[C@@H](O)[C@H](CO[C@H]1O[C@H](CO)[C@H](O)[C@H](O)[C@H]1O)NC(=O)Cc1ccc(F)cc1. The van der Waals surface area contributed by atoms with Gasteiger partial charge in [0.1, 0.15) is 36.3 Å². The lowest BCUT2D eigenvalue weighted by Crippen LogP contribution is -2.60. The number of unbranched alkanes of at least 4 members (excludes halogenated alkanes) is 11. The van der Waals surface area contributed by atoms with Crippen molar-refractivity contribution in [3.05, 3.63) is 35.6 Å². The fourth-order valence-corrected chi connectivity index (χ4v) is 5.31. The maximum absolute atomic E-state index is 13.3. The van der Waals surface area contributed by atoms with Gasteiger partial charge >= 0.3 is 0 Å². The first-order valence-corrected chi connectivity index (χ1v) is 16.0. The van der Waals surface area contributed by atoms with Gasteiger partial charge in [-0.15, -0.1) is 0 Å². The Hall–Kier alpha value is -1.70. The van der Waals surface area contributed by atoms with E-state index in [0.717, 1.165) is 19.3 Å². The molecule has 0 spiro atoms. The zero-order chi connectivity index (χ0) is 31.6.